The Balaban J connectivity index is 0.00000363. The zero-order valence-electron chi connectivity index (χ0n) is 18.9. The Hall–Kier alpha value is -0.640. The molecular weight excluding hydrogens is 427 g/mol. The number of carbonyl (C=O) groups is 4. The number of rotatable bonds is 6. The summed E-state index contributed by atoms with van der Waals surface area (Å²) in [5, 5.41) is 42.4. The molecule has 0 bridgehead atoms. The second-order valence-corrected chi connectivity index (χ2v) is 9.55. The van der Waals surface area contributed by atoms with Crippen molar-refractivity contribution in [3.8, 4) is 0 Å². The zero-order chi connectivity index (χ0) is 22.9. The van der Waals surface area contributed by atoms with Crippen molar-refractivity contribution in [2.24, 2.45) is 35.5 Å². The second kappa shape index (κ2) is 11.7. The Labute approximate surface area is 210 Å². The van der Waals surface area contributed by atoms with Gasteiger partial charge in [-0.15, -0.1) is 0 Å². The number of hydrogen-bond donors (Lipinski definition) is 3. The van der Waals surface area contributed by atoms with Crippen LogP contribution in [-0.4, -0.2) is 57.0 Å². The van der Waals surface area contributed by atoms with Gasteiger partial charge in [-0.05, 0) is 31.6 Å². The summed E-state index contributed by atoms with van der Waals surface area (Å²) in [4.78, 5) is 51.6. The molecule has 8 atom stereocenters. The average molecular weight is 460 g/mol. The van der Waals surface area contributed by atoms with Gasteiger partial charge in [0.1, 0.15) is 6.10 Å². The first-order valence-corrected chi connectivity index (χ1v) is 11.6. The number of Topliss-reactive ketones (excluding diaryl/α,β-unsaturated/α-hetero) is 3. The fourth-order valence-electron chi connectivity index (χ4n) is 5.93. The number of aliphatic hydroxyl groups excluding tert-OH is 3. The van der Waals surface area contributed by atoms with Gasteiger partial charge < -0.3 is 25.2 Å². The number of unbranched alkanes of at least 4 members (excludes halogenated alkanes) is 1. The van der Waals surface area contributed by atoms with Crippen LogP contribution in [0.1, 0.15) is 64.7 Å². The molecule has 0 radical (unpaired) electrons. The van der Waals surface area contributed by atoms with Gasteiger partial charge in [0.25, 0.3) is 0 Å². The molecule has 3 rings (SSSR count). The van der Waals surface area contributed by atoms with Gasteiger partial charge in [0.15, 0.2) is 17.3 Å². The molecule has 3 aliphatic carbocycles. The molecule has 0 aromatic rings. The van der Waals surface area contributed by atoms with Crippen LogP contribution >= 0.6 is 0 Å². The van der Waals surface area contributed by atoms with Crippen LogP contribution in [0.3, 0.4) is 0 Å². The van der Waals surface area contributed by atoms with Crippen molar-refractivity contribution in [3.05, 3.63) is 0 Å². The molecule has 3 aliphatic rings. The third-order valence-electron chi connectivity index (χ3n) is 7.69. The van der Waals surface area contributed by atoms with Crippen LogP contribution in [0.4, 0.5) is 0 Å². The minimum atomic E-state index is -1.82. The predicted octanol–water partition coefficient (Wildman–Crippen LogP) is -3.20. The number of ketones is 3. The van der Waals surface area contributed by atoms with Crippen LogP contribution < -0.4 is 34.7 Å². The van der Waals surface area contributed by atoms with Gasteiger partial charge in [-0.3, -0.25) is 14.4 Å². The quantitative estimate of drug-likeness (QED) is 0.277. The van der Waals surface area contributed by atoms with Gasteiger partial charge >= 0.3 is 29.6 Å². The van der Waals surface area contributed by atoms with Crippen LogP contribution in [0.2, 0.25) is 0 Å². The molecule has 0 aromatic carbocycles. The summed E-state index contributed by atoms with van der Waals surface area (Å²) in [6.07, 6.45) is 0.437. The molecule has 3 N–H and O–H groups in total. The van der Waals surface area contributed by atoms with E-state index in [0.29, 0.717) is 12.8 Å². The van der Waals surface area contributed by atoms with Gasteiger partial charge in [0, 0.05) is 17.8 Å². The average Bonchev–Trinajstić information content (AvgIpc) is 2.74. The topological polar surface area (TPSA) is 152 Å². The van der Waals surface area contributed by atoms with Crippen LogP contribution in [0.5, 0.6) is 0 Å². The third-order valence-corrected chi connectivity index (χ3v) is 7.69. The molecule has 8 nitrogen and oxygen atoms in total. The summed E-state index contributed by atoms with van der Waals surface area (Å²) in [6.45, 7) is 1.94. The van der Waals surface area contributed by atoms with Crippen molar-refractivity contribution in [1.29, 1.82) is 0 Å². The van der Waals surface area contributed by atoms with Gasteiger partial charge in [-0.2, -0.15) is 0 Å². The van der Waals surface area contributed by atoms with Crippen molar-refractivity contribution in [3.63, 3.8) is 0 Å². The molecule has 3 saturated carbocycles. The molecule has 0 aliphatic heterocycles. The summed E-state index contributed by atoms with van der Waals surface area (Å²) in [6, 6.07) is 0. The van der Waals surface area contributed by atoms with E-state index in [1.807, 2.05) is 6.92 Å². The summed E-state index contributed by atoms with van der Waals surface area (Å²) < 4.78 is 0. The minimum Gasteiger partial charge on any atom is -0.550 e. The molecule has 0 saturated heterocycles. The molecular formula is C23H33NaO8. The molecule has 0 aromatic heterocycles. The minimum absolute atomic E-state index is 0. The summed E-state index contributed by atoms with van der Waals surface area (Å²) in [5.74, 6) is -9.16. The normalized spacial score (nSPS) is 38.9. The standard InChI is InChI=1S/C23H34O8.Na/c1-2-3-9-12-17(24)15(11-7-5-4-6-8-11)21(28)16(18(12)25)13-10-14(23(30)31)20(27)22(29)19(13)26;/h11-16,19-20,22,26-27,29H,2-10H2,1H3,(H,30,31);/q;+1/p-1/t12?,13?,14-,15?,16+,19-,20+,22+;/m0./s1. The van der Waals surface area contributed by atoms with E-state index in [4.69, 9.17) is 0 Å². The fourth-order valence-corrected chi connectivity index (χ4v) is 5.93. The number of aliphatic hydroxyl groups is 3. The molecule has 3 fully saturated rings. The van der Waals surface area contributed by atoms with E-state index >= 15 is 0 Å². The molecule has 0 heterocycles. The van der Waals surface area contributed by atoms with Crippen molar-refractivity contribution in [2.75, 3.05) is 0 Å². The van der Waals surface area contributed by atoms with Gasteiger partial charge in [0.05, 0.1) is 30.0 Å². The van der Waals surface area contributed by atoms with Gasteiger partial charge in [0.2, 0.25) is 0 Å². The van der Waals surface area contributed by atoms with Crippen LogP contribution in [0, 0.1) is 35.5 Å². The van der Waals surface area contributed by atoms with Gasteiger partial charge in [-0.25, -0.2) is 0 Å². The number of carboxylic acids is 1. The van der Waals surface area contributed by atoms with E-state index in [-0.39, 0.29) is 47.7 Å². The maximum absolute atomic E-state index is 13.5. The zero-order valence-corrected chi connectivity index (χ0v) is 20.9. The largest absolute Gasteiger partial charge is 1.00 e. The fraction of sp³-hybridized carbons (Fsp3) is 0.826. The van der Waals surface area contributed by atoms with E-state index in [2.05, 4.69) is 0 Å². The Bertz CT molecular complexity index is 719. The molecule has 174 valence electrons. The van der Waals surface area contributed by atoms with Crippen LogP contribution in [0.15, 0.2) is 0 Å². The molecule has 0 amide bonds. The van der Waals surface area contributed by atoms with Crippen molar-refractivity contribution in [2.45, 2.75) is 83.0 Å². The number of carbonyl (C=O) groups excluding carboxylic acids is 4. The van der Waals surface area contributed by atoms with Gasteiger partial charge in [-0.1, -0.05) is 39.0 Å². The second-order valence-electron chi connectivity index (χ2n) is 9.55. The van der Waals surface area contributed by atoms with Crippen molar-refractivity contribution >= 4 is 23.3 Å². The van der Waals surface area contributed by atoms with Crippen molar-refractivity contribution < 1.29 is 69.2 Å². The molecule has 3 unspecified atom stereocenters. The third kappa shape index (κ3) is 5.20. The first-order valence-electron chi connectivity index (χ1n) is 11.6. The van der Waals surface area contributed by atoms with E-state index in [1.54, 1.807) is 0 Å². The first-order chi connectivity index (χ1) is 14.7. The van der Waals surface area contributed by atoms with E-state index in [0.717, 1.165) is 38.5 Å². The number of aliphatic carboxylic acids is 1. The maximum Gasteiger partial charge on any atom is 1.00 e. The number of carboxylic acid groups (broad SMARTS) is 1. The van der Waals surface area contributed by atoms with E-state index < -0.39 is 65.4 Å². The Morgan fingerprint density at radius 1 is 0.906 bits per heavy atom. The molecule has 9 heteroatoms. The summed E-state index contributed by atoms with van der Waals surface area (Å²) >= 11 is 0. The SMILES string of the molecule is CCCCC1C(=O)C(C2CCCCC2)C(=O)[C@H](C2C[C@H](C(=O)[O-])[C@@H](O)[C@H](O)[C@H]2O)C1=O.[Na+]. The Kier molecular flexibility index (Phi) is 10.1. The maximum atomic E-state index is 13.5. The Morgan fingerprint density at radius 2 is 1.50 bits per heavy atom. The van der Waals surface area contributed by atoms with Crippen molar-refractivity contribution in [1.82, 2.24) is 0 Å². The predicted molar refractivity (Wildman–Crippen MR) is 106 cm³/mol. The summed E-state index contributed by atoms with van der Waals surface area (Å²) in [7, 11) is 0. The number of hydrogen-bond acceptors (Lipinski definition) is 8. The Morgan fingerprint density at radius 3 is 2.06 bits per heavy atom. The van der Waals surface area contributed by atoms with E-state index in [1.165, 1.54) is 0 Å². The van der Waals surface area contributed by atoms with Crippen LogP contribution in [0.25, 0.3) is 0 Å². The molecule has 0 spiro atoms. The first kappa shape index (κ1) is 27.6. The smallest absolute Gasteiger partial charge is 0.550 e. The van der Waals surface area contributed by atoms with Crippen LogP contribution in [-0.2, 0) is 19.2 Å². The molecule has 32 heavy (non-hydrogen) atoms. The van der Waals surface area contributed by atoms with E-state index in [9.17, 15) is 39.6 Å². The summed E-state index contributed by atoms with van der Waals surface area (Å²) in [5.41, 5.74) is 0. The monoisotopic (exact) mass is 460 g/mol.